The van der Waals surface area contributed by atoms with Crippen LogP contribution < -0.4 is 4.74 Å². The number of nitrogens with zero attached hydrogens (tertiary/aromatic N) is 1. The Morgan fingerprint density at radius 1 is 1.91 bits per heavy atom. The van der Waals surface area contributed by atoms with Gasteiger partial charge in [0.2, 0.25) is 0 Å². The third kappa shape index (κ3) is 2.06. The van der Waals surface area contributed by atoms with Crippen LogP contribution in [0.15, 0.2) is 6.20 Å². The maximum absolute atomic E-state index is 10.2. The number of aromatic nitrogens is 1. The van der Waals surface area contributed by atoms with Crippen LogP contribution in [0.4, 0.5) is 0 Å². The van der Waals surface area contributed by atoms with Gasteiger partial charge in [0.25, 0.3) is 5.19 Å². The molecule has 0 atom stereocenters. The first-order valence-electron chi connectivity index (χ1n) is 2.84. The van der Waals surface area contributed by atoms with Crippen LogP contribution in [0.25, 0.3) is 0 Å². The fourth-order valence-electron chi connectivity index (χ4n) is 0.494. The van der Waals surface area contributed by atoms with Gasteiger partial charge in [-0.05, 0) is 0 Å². The van der Waals surface area contributed by atoms with E-state index in [1.165, 1.54) is 17.5 Å². The van der Waals surface area contributed by atoms with E-state index in [9.17, 15) is 4.79 Å². The van der Waals surface area contributed by atoms with Gasteiger partial charge in [-0.25, -0.2) is 4.98 Å². The van der Waals surface area contributed by atoms with Crippen LogP contribution in [-0.2, 0) is 0 Å². The van der Waals surface area contributed by atoms with E-state index in [1.807, 2.05) is 0 Å². The van der Waals surface area contributed by atoms with Gasteiger partial charge in [0.1, 0.15) is 0 Å². The first-order valence-corrected chi connectivity index (χ1v) is 3.65. The van der Waals surface area contributed by atoms with Gasteiger partial charge >= 0.3 is 0 Å². The highest BCUT2D eigenvalue weighted by molar-refractivity contribution is 7.15. The third-order valence-corrected chi connectivity index (χ3v) is 1.73. The van der Waals surface area contributed by atoms with Crippen LogP contribution in [0, 0.1) is 12.3 Å². The number of hydrogen-bond donors (Lipinski definition) is 0. The number of hydrogen-bond acceptors (Lipinski definition) is 4. The van der Waals surface area contributed by atoms with Gasteiger partial charge in [0.05, 0.1) is 11.1 Å². The summed E-state index contributed by atoms with van der Waals surface area (Å²) in [5.41, 5.74) is 0. The molecule has 0 aliphatic rings. The molecule has 0 spiro atoms. The Morgan fingerprint density at radius 3 is 3.27 bits per heavy atom. The van der Waals surface area contributed by atoms with Gasteiger partial charge < -0.3 is 4.74 Å². The molecule has 1 heterocycles. The Bertz CT molecular complexity index is 287. The lowest BCUT2D eigenvalue weighted by atomic mass is 10.6. The second-order valence-corrected chi connectivity index (χ2v) is 2.66. The van der Waals surface area contributed by atoms with E-state index in [2.05, 4.69) is 10.9 Å². The number of ether oxygens (including phenoxy) is 1. The first-order chi connectivity index (χ1) is 5.36. The number of carbonyl (C=O) groups excluding carboxylic acids is 1. The van der Waals surface area contributed by atoms with Crippen molar-refractivity contribution in [3.05, 3.63) is 11.1 Å². The van der Waals surface area contributed by atoms with E-state index < -0.39 is 0 Å². The summed E-state index contributed by atoms with van der Waals surface area (Å²) in [5.74, 6) is 2.30. The molecule has 0 N–H and O–H groups in total. The third-order valence-electron chi connectivity index (χ3n) is 0.897. The van der Waals surface area contributed by atoms with Gasteiger partial charge in [-0.1, -0.05) is 17.3 Å². The molecule has 1 aromatic heterocycles. The molecule has 0 unspecified atom stereocenters. The van der Waals surface area contributed by atoms with Gasteiger partial charge in [0.15, 0.2) is 12.9 Å². The van der Waals surface area contributed by atoms with Crippen LogP contribution in [-0.4, -0.2) is 17.9 Å². The highest BCUT2D eigenvalue weighted by atomic mass is 32.1. The van der Waals surface area contributed by atoms with Crippen molar-refractivity contribution in [2.75, 3.05) is 6.61 Å². The zero-order valence-corrected chi connectivity index (χ0v) is 6.43. The molecule has 0 radical (unpaired) electrons. The molecule has 4 heteroatoms. The minimum atomic E-state index is 0.186. The molecule has 0 saturated heterocycles. The molecular weight excluding hydrogens is 162 g/mol. The lowest BCUT2D eigenvalue weighted by Gasteiger charge is -1.91. The maximum atomic E-state index is 10.2. The summed E-state index contributed by atoms with van der Waals surface area (Å²) < 4.78 is 4.95. The summed E-state index contributed by atoms with van der Waals surface area (Å²) in [4.78, 5) is 14.5. The fraction of sp³-hybridized carbons (Fsp3) is 0.143. The first kappa shape index (κ1) is 7.76. The van der Waals surface area contributed by atoms with Crippen LogP contribution >= 0.6 is 11.3 Å². The van der Waals surface area contributed by atoms with Crippen molar-refractivity contribution >= 4 is 17.6 Å². The molecule has 0 bridgehead atoms. The Morgan fingerprint density at radius 2 is 2.73 bits per heavy atom. The second-order valence-electron chi connectivity index (χ2n) is 1.64. The summed E-state index contributed by atoms with van der Waals surface area (Å²) in [6.07, 6.45) is 7.12. The largest absolute Gasteiger partial charge is 0.457 e. The summed E-state index contributed by atoms with van der Waals surface area (Å²) in [7, 11) is 0. The summed E-state index contributed by atoms with van der Waals surface area (Å²) in [6.45, 7) is 0.186. The molecule has 0 saturated carbocycles. The van der Waals surface area contributed by atoms with Crippen molar-refractivity contribution in [3.63, 3.8) is 0 Å². The molecule has 1 aromatic rings. The zero-order chi connectivity index (χ0) is 8.10. The minimum Gasteiger partial charge on any atom is -0.457 e. The van der Waals surface area contributed by atoms with Gasteiger partial charge in [-0.15, -0.1) is 6.42 Å². The fourth-order valence-corrected chi connectivity index (χ4v) is 1.07. The second kappa shape index (κ2) is 3.74. The molecule has 0 amide bonds. The summed E-state index contributed by atoms with van der Waals surface area (Å²) >= 11 is 1.18. The van der Waals surface area contributed by atoms with Crippen LogP contribution in [0.1, 0.15) is 9.67 Å². The van der Waals surface area contributed by atoms with Crippen molar-refractivity contribution in [2.45, 2.75) is 0 Å². The van der Waals surface area contributed by atoms with E-state index in [0.29, 0.717) is 10.1 Å². The normalized spacial score (nSPS) is 8.64. The summed E-state index contributed by atoms with van der Waals surface area (Å²) in [5, 5.41) is 0.435. The van der Waals surface area contributed by atoms with Gasteiger partial charge in [-0.2, -0.15) is 0 Å². The topological polar surface area (TPSA) is 39.2 Å². The average Bonchev–Trinajstić information content (AvgIpc) is 2.48. The Balaban J connectivity index is 2.59. The SMILES string of the molecule is C#CCOc1ncc(C=O)s1. The van der Waals surface area contributed by atoms with Crippen LogP contribution in [0.2, 0.25) is 0 Å². The predicted octanol–water partition coefficient (Wildman–Crippen LogP) is 0.968. The van der Waals surface area contributed by atoms with Crippen molar-refractivity contribution in [1.82, 2.24) is 4.98 Å². The van der Waals surface area contributed by atoms with E-state index in [0.717, 1.165) is 6.29 Å². The van der Waals surface area contributed by atoms with Crippen molar-refractivity contribution in [1.29, 1.82) is 0 Å². The molecule has 0 aliphatic carbocycles. The molecule has 11 heavy (non-hydrogen) atoms. The van der Waals surface area contributed by atoms with Crippen LogP contribution in [0.5, 0.6) is 5.19 Å². The number of rotatable bonds is 3. The Labute approximate surface area is 68.0 Å². The predicted molar refractivity (Wildman–Crippen MR) is 41.8 cm³/mol. The minimum absolute atomic E-state index is 0.186. The van der Waals surface area contributed by atoms with Crippen molar-refractivity contribution in [3.8, 4) is 17.5 Å². The molecular formula is C7H5NO2S. The average molecular weight is 167 g/mol. The van der Waals surface area contributed by atoms with E-state index >= 15 is 0 Å². The van der Waals surface area contributed by atoms with Crippen molar-refractivity contribution in [2.24, 2.45) is 0 Å². The monoisotopic (exact) mass is 167 g/mol. The standard InChI is InChI=1S/C7H5NO2S/c1-2-3-10-7-8-4-6(5-9)11-7/h1,4-5H,3H2. The number of carbonyl (C=O) groups is 1. The van der Waals surface area contributed by atoms with Crippen LogP contribution in [0.3, 0.4) is 0 Å². The van der Waals surface area contributed by atoms with Gasteiger partial charge in [0, 0.05) is 0 Å². The highest BCUT2D eigenvalue weighted by Crippen LogP contribution is 2.18. The lowest BCUT2D eigenvalue weighted by molar-refractivity contribution is 0.112. The smallest absolute Gasteiger partial charge is 0.274 e. The van der Waals surface area contributed by atoms with E-state index in [4.69, 9.17) is 11.2 Å². The Hall–Kier alpha value is -1.34. The molecule has 0 aromatic carbocycles. The lowest BCUT2D eigenvalue weighted by Crippen LogP contribution is -1.91. The Kier molecular flexibility index (Phi) is 2.64. The van der Waals surface area contributed by atoms with Gasteiger partial charge in [-0.3, -0.25) is 4.79 Å². The summed E-state index contributed by atoms with van der Waals surface area (Å²) in [6, 6.07) is 0. The zero-order valence-electron chi connectivity index (χ0n) is 5.61. The van der Waals surface area contributed by atoms with Crippen molar-refractivity contribution < 1.29 is 9.53 Å². The molecule has 0 fully saturated rings. The highest BCUT2D eigenvalue weighted by Gasteiger charge is 1.99. The number of thiazole rings is 1. The maximum Gasteiger partial charge on any atom is 0.274 e. The van der Waals surface area contributed by atoms with E-state index in [1.54, 1.807) is 0 Å². The number of aldehydes is 1. The molecule has 3 nitrogen and oxygen atoms in total. The van der Waals surface area contributed by atoms with E-state index in [-0.39, 0.29) is 6.61 Å². The molecule has 0 aliphatic heterocycles. The number of terminal acetylenes is 1. The molecule has 1 rings (SSSR count). The molecule has 56 valence electrons. The quantitative estimate of drug-likeness (QED) is 0.497.